The Morgan fingerprint density at radius 3 is 2.71 bits per heavy atom. The fourth-order valence-corrected chi connectivity index (χ4v) is 2.49. The van der Waals surface area contributed by atoms with E-state index in [-0.39, 0.29) is 17.1 Å². The predicted molar refractivity (Wildman–Crippen MR) is 75.9 cm³/mol. The molecule has 0 aliphatic heterocycles. The minimum Gasteiger partial charge on any atom is -0.455 e. The normalized spacial score (nSPS) is 11.4. The first-order valence-corrected chi connectivity index (χ1v) is 8.03. The number of carbonyl (C=O) groups excluding carboxylic acids is 1. The summed E-state index contributed by atoms with van der Waals surface area (Å²) in [7, 11) is -3.90. The molecule has 2 aromatic rings. The van der Waals surface area contributed by atoms with Crippen LogP contribution >= 0.6 is 15.9 Å². The number of sulfonamides is 1. The summed E-state index contributed by atoms with van der Waals surface area (Å²) in [5, 5.41) is 8.71. The number of nitrogens with two attached hydrogens (primary N) is 1. The topological polar surface area (TPSA) is 112 Å². The zero-order valence-electron chi connectivity index (χ0n) is 10.9. The third-order valence-corrected chi connectivity index (χ3v) is 4.12. The van der Waals surface area contributed by atoms with Crippen molar-refractivity contribution in [1.29, 1.82) is 0 Å². The SMILES string of the molecule is Cc1cc(COC(=O)c2cc(S(N)(=O)=O)ccc2Br)no1. The van der Waals surface area contributed by atoms with E-state index in [2.05, 4.69) is 21.1 Å². The number of primary sulfonamides is 1. The van der Waals surface area contributed by atoms with Gasteiger partial charge in [-0.2, -0.15) is 0 Å². The highest BCUT2D eigenvalue weighted by atomic mass is 79.9. The molecule has 112 valence electrons. The summed E-state index contributed by atoms with van der Waals surface area (Å²) in [6, 6.07) is 5.48. The molecule has 1 aromatic heterocycles. The van der Waals surface area contributed by atoms with Crippen molar-refractivity contribution >= 4 is 31.9 Å². The lowest BCUT2D eigenvalue weighted by atomic mass is 10.2. The molecule has 1 heterocycles. The van der Waals surface area contributed by atoms with Crippen LogP contribution in [-0.4, -0.2) is 19.5 Å². The molecule has 2 N–H and O–H groups in total. The number of aryl methyl sites for hydroxylation is 1. The molecule has 0 bridgehead atoms. The second-order valence-electron chi connectivity index (χ2n) is 4.19. The van der Waals surface area contributed by atoms with Crippen molar-refractivity contribution in [2.45, 2.75) is 18.4 Å². The first-order chi connectivity index (χ1) is 9.77. The lowest BCUT2D eigenvalue weighted by Gasteiger charge is -2.06. The van der Waals surface area contributed by atoms with Crippen LogP contribution in [0.25, 0.3) is 0 Å². The Morgan fingerprint density at radius 2 is 2.14 bits per heavy atom. The van der Waals surface area contributed by atoms with Gasteiger partial charge in [-0.05, 0) is 41.1 Å². The number of rotatable bonds is 4. The van der Waals surface area contributed by atoms with Gasteiger partial charge in [-0.25, -0.2) is 18.4 Å². The first kappa shape index (κ1) is 15.7. The number of ether oxygens (including phenoxy) is 1. The molecule has 2 rings (SSSR count). The van der Waals surface area contributed by atoms with Crippen LogP contribution in [0.2, 0.25) is 0 Å². The maximum atomic E-state index is 12.0. The Balaban J connectivity index is 2.18. The van der Waals surface area contributed by atoms with E-state index >= 15 is 0 Å². The van der Waals surface area contributed by atoms with Crippen LogP contribution in [0.1, 0.15) is 21.8 Å². The van der Waals surface area contributed by atoms with Crippen molar-refractivity contribution in [2.75, 3.05) is 0 Å². The summed E-state index contributed by atoms with van der Waals surface area (Å²) >= 11 is 3.16. The second-order valence-corrected chi connectivity index (χ2v) is 6.61. The number of benzene rings is 1. The van der Waals surface area contributed by atoms with Gasteiger partial charge in [0, 0.05) is 10.5 Å². The summed E-state index contributed by atoms with van der Waals surface area (Å²) in [6.07, 6.45) is 0. The fraction of sp³-hybridized carbons (Fsp3) is 0.167. The van der Waals surface area contributed by atoms with Crippen molar-refractivity contribution in [3.8, 4) is 0 Å². The van der Waals surface area contributed by atoms with E-state index in [0.717, 1.165) is 6.07 Å². The second kappa shape index (κ2) is 5.96. The number of aromatic nitrogens is 1. The van der Waals surface area contributed by atoms with E-state index in [1.165, 1.54) is 12.1 Å². The van der Waals surface area contributed by atoms with Gasteiger partial charge in [0.05, 0.1) is 10.5 Å². The van der Waals surface area contributed by atoms with Gasteiger partial charge in [-0.1, -0.05) is 5.16 Å². The number of esters is 1. The minimum absolute atomic E-state index is 0.0572. The van der Waals surface area contributed by atoms with E-state index in [1.54, 1.807) is 13.0 Å². The third-order valence-electron chi connectivity index (χ3n) is 2.51. The molecule has 0 aliphatic carbocycles. The van der Waals surface area contributed by atoms with E-state index in [1.807, 2.05) is 0 Å². The largest absolute Gasteiger partial charge is 0.455 e. The van der Waals surface area contributed by atoms with Crippen LogP contribution in [0.15, 0.2) is 38.2 Å². The molecule has 0 amide bonds. The Morgan fingerprint density at radius 1 is 1.43 bits per heavy atom. The van der Waals surface area contributed by atoms with Crippen molar-refractivity contribution in [3.05, 3.63) is 45.8 Å². The van der Waals surface area contributed by atoms with Crippen LogP contribution in [0.3, 0.4) is 0 Å². The van der Waals surface area contributed by atoms with Crippen molar-refractivity contribution in [1.82, 2.24) is 5.16 Å². The minimum atomic E-state index is -3.90. The van der Waals surface area contributed by atoms with Crippen LogP contribution in [0.4, 0.5) is 0 Å². The molecule has 0 unspecified atom stereocenters. The molecule has 0 fully saturated rings. The number of carbonyl (C=O) groups is 1. The average molecular weight is 375 g/mol. The molecular formula is C12H11BrN2O5S. The van der Waals surface area contributed by atoms with Crippen LogP contribution in [0.5, 0.6) is 0 Å². The highest BCUT2D eigenvalue weighted by Crippen LogP contribution is 2.21. The van der Waals surface area contributed by atoms with Gasteiger partial charge < -0.3 is 9.26 Å². The third kappa shape index (κ3) is 3.90. The van der Waals surface area contributed by atoms with E-state index in [0.29, 0.717) is 15.9 Å². The zero-order chi connectivity index (χ0) is 15.6. The number of halogens is 1. The number of hydrogen-bond acceptors (Lipinski definition) is 6. The average Bonchev–Trinajstić information content (AvgIpc) is 2.81. The predicted octanol–water partition coefficient (Wildman–Crippen LogP) is 1.75. The monoisotopic (exact) mass is 374 g/mol. The fourth-order valence-electron chi connectivity index (χ4n) is 1.54. The molecular weight excluding hydrogens is 364 g/mol. The molecule has 7 nitrogen and oxygen atoms in total. The summed E-state index contributed by atoms with van der Waals surface area (Å²) < 4.78 is 32.9. The number of nitrogens with zero attached hydrogens (tertiary/aromatic N) is 1. The zero-order valence-corrected chi connectivity index (χ0v) is 13.3. The van der Waals surface area contributed by atoms with Crippen molar-refractivity contribution < 1.29 is 22.5 Å². The van der Waals surface area contributed by atoms with E-state index < -0.39 is 16.0 Å². The van der Waals surface area contributed by atoms with Crippen LogP contribution in [-0.2, 0) is 21.4 Å². The Kier molecular flexibility index (Phi) is 4.45. The smallest absolute Gasteiger partial charge is 0.339 e. The molecule has 0 spiro atoms. The molecule has 21 heavy (non-hydrogen) atoms. The molecule has 0 atom stereocenters. The van der Waals surface area contributed by atoms with Gasteiger partial charge in [0.15, 0.2) is 0 Å². The standard InChI is InChI=1S/C12H11BrN2O5S/c1-7-4-8(15-20-7)6-19-12(16)10-5-9(21(14,17)18)2-3-11(10)13/h2-5H,6H2,1H3,(H2,14,17,18). The number of hydrogen-bond donors (Lipinski definition) is 1. The van der Waals surface area contributed by atoms with Gasteiger partial charge in [0.2, 0.25) is 10.0 Å². The molecule has 0 radical (unpaired) electrons. The molecule has 1 aromatic carbocycles. The van der Waals surface area contributed by atoms with Crippen molar-refractivity contribution in [2.24, 2.45) is 5.14 Å². The van der Waals surface area contributed by atoms with Gasteiger partial charge >= 0.3 is 5.97 Å². The molecule has 0 saturated heterocycles. The molecule has 0 aliphatic rings. The summed E-state index contributed by atoms with van der Waals surface area (Å²) in [5.74, 6) is -0.105. The Labute approximate surface area is 129 Å². The summed E-state index contributed by atoms with van der Waals surface area (Å²) in [5.41, 5.74) is 0.515. The Bertz CT molecular complexity index is 785. The van der Waals surface area contributed by atoms with Crippen molar-refractivity contribution in [3.63, 3.8) is 0 Å². The quantitative estimate of drug-likeness (QED) is 0.815. The lowest BCUT2D eigenvalue weighted by Crippen LogP contribution is -2.14. The van der Waals surface area contributed by atoms with E-state index in [9.17, 15) is 13.2 Å². The van der Waals surface area contributed by atoms with Gasteiger partial charge in [-0.15, -0.1) is 0 Å². The first-order valence-electron chi connectivity index (χ1n) is 5.69. The van der Waals surface area contributed by atoms with Crippen LogP contribution < -0.4 is 5.14 Å². The Hall–Kier alpha value is -1.71. The molecule has 0 saturated carbocycles. The van der Waals surface area contributed by atoms with Gasteiger partial charge in [-0.3, -0.25) is 0 Å². The maximum Gasteiger partial charge on any atom is 0.339 e. The summed E-state index contributed by atoms with van der Waals surface area (Å²) in [4.78, 5) is 11.8. The van der Waals surface area contributed by atoms with Gasteiger partial charge in [0.1, 0.15) is 18.1 Å². The molecule has 9 heteroatoms. The van der Waals surface area contributed by atoms with E-state index in [4.69, 9.17) is 14.4 Å². The summed E-state index contributed by atoms with van der Waals surface area (Å²) in [6.45, 7) is 1.63. The lowest BCUT2D eigenvalue weighted by molar-refractivity contribution is 0.0463. The van der Waals surface area contributed by atoms with Crippen LogP contribution in [0, 0.1) is 6.92 Å². The highest BCUT2D eigenvalue weighted by molar-refractivity contribution is 9.10. The maximum absolute atomic E-state index is 12.0. The van der Waals surface area contributed by atoms with Gasteiger partial charge in [0.25, 0.3) is 0 Å². The highest BCUT2D eigenvalue weighted by Gasteiger charge is 2.17.